The van der Waals surface area contributed by atoms with E-state index in [2.05, 4.69) is 13.8 Å². The molecule has 1 rings (SSSR count). The molecule has 10 atom stereocenters. The fraction of sp³-hybridized carbons (Fsp3) is 0.980. The number of carbonyl (C=O) groups excluding carboxylic acids is 1. The lowest BCUT2D eigenvalue weighted by atomic mass is 9.99. The Hall–Kier alpha value is -0.930. The van der Waals surface area contributed by atoms with Gasteiger partial charge in [0.05, 0.1) is 25.4 Å². The van der Waals surface area contributed by atoms with Crippen LogP contribution in [0.5, 0.6) is 0 Å². The van der Waals surface area contributed by atoms with Crippen LogP contribution >= 0.6 is 0 Å². The van der Waals surface area contributed by atoms with E-state index in [1.165, 1.54) is 161 Å². The Labute approximate surface area is 377 Å². The van der Waals surface area contributed by atoms with Crippen LogP contribution in [0.4, 0.5) is 0 Å². The van der Waals surface area contributed by atoms with E-state index in [0.717, 1.165) is 38.5 Å². The molecule has 0 saturated carbocycles. The number of hydrogen-bond donors (Lipinski definition) is 8. The second kappa shape index (κ2) is 40.4. The fourth-order valence-corrected chi connectivity index (χ4v) is 8.53. The van der Waals surface area contributed by atoms with Gasteiger partial charge in [-0.2, -0.15) is 0 Å². The maximum atomic E-state index is 13.1. The molecule has 0 aromatic rings. The van der Waals surface area contributed by atoms with Crippen molar-refractivity contribution in [2.24, 2.45) is 0 Å². The van der Waals surface area contributed by atoms with E-state index >= 15 is 0 Å². The highest BCUT2D eigenvalue weighted by atomic mass is 16.7. The first-order valence-corrected chi connectivity index (χ1v) is 25.9. The molecule has 1 heterocycles. The molecule has 0 unspecified atom stereocenters. The van der Waals surface area contributed by atoms with Gasteiger partial charge in [-0.3, -0.25) is 0 Å². The van der Waals surface area contributed by atoms with Crippen LogP contribution in [0, 0.1) is 0 Å². The number of aliphatic hydroxyl groups excluding tert-OH is 8. The largest absolute Gasteiger partial charge is 0.455 e. The summed E-state index contributed by atoms with van der Waals surface area (Å²) < 4.78 is 16.4. The Bertz CT molecular complexity index is 988. The molecule has 0 amide bonds. The van der Waals surface area contributed by atoms with Crippen LogP contribution in [0.2, 0.25) is 0 Å². The zero-order valence-corrected chi connectivity index (χ0v) is 39.6. The molecule has 0 aromatic carbocycles. The van der Waals surface area contributed by atoms with Crippen molar-refractivity contribution in [2.75, 3.05) is 13.2 Å². The molecule has 62 heavy (non-hydrogen) atoms. The molecule has 370 valence electrons. The van der Waals surface area contributed by atoms with Crippen LogP contribution in [0.3, 0.4) is 0 Å². The molecule has 0 spiro atoms. The molecule has 12 heteroatoms. The van der Waals surface area contributed by atoms with Crippen molar-refractivity contribution >= 4 is 5.97 Å². The second-order valence-corrected chi connectivity index (χ2v) is 18.6. The molecule has 0 bridgehead atoms. The number of rotatable bonds is 44. The minimum Gasteiger partial charge on any atom is -0.455 e. The summed E-state index contributed by atoms with van der Waals surface area (Å²) >= 11 is 0. The van der Waals surface area contributed by atoms with Gasteiger partial charge in [0.25, 0.3) is 0 Å². The van der Waals surface area contributed by atoms with Gasteiger partial charge in [0.1, 0.15) is 30.5 Å². The van der Waals surface area contributed by atoms with Crippen LogP contribution < -0.4 is 0 Å². The van der Waals surface area contributed by atoms with Crippen LogP contribution in [-0.2, 0) is 19.0 Å². The molecule has 12 nitrogen and oxygen atoms in total. The maximum absolute atomic E-state index is 13.1. The van der Waals surface area contributed by atoms with Gasteiger partial charge in [0, 0.05) is 0 Å². The number of esters is 1. The maximum Gasteiger partial charge on any atom is 0.338 e. The summed E-state index contributed by atoms with van der Waals surface area (Å²) in [7, 11) is 0. The highest BCUT2D eigenvalue weighted by molar-refractivity contribution is 5.75. The lowest BCUT2D eigenvalue weighted by molar-refractivity contribution is -0.307. The quantitative estimate of drug-likeness (QED) is 0.0213. The predicted octanol–water partition coefficient (Wildman–Crippen LogP) is 8.85. The van der Waals surface area contributed by atoms with Crippen molar-refractivity contribution in [1.29, 1.82) is 0 Å². The number of hydrogen-bond acceptors (Lipinski definition) is 12. The predicted molar refractivity (Wildman–Crippen MR) is 247 cm³/mol. The van der Waals surface area contributed by atoms with Crippen molar-refractivity contribution in [3.05, 3.63) is 0 Å². The van der Waals surface area contributed by atoms with Crippen LogP contribution in [0.1, 0.15) is 239 Å². The van der Waals surface area contributed by atoms with E-state index in [1.54, 1.807) is 0 Å². The molecule has 1 aliphatic heterocycles. The van der Waals surface area contributed by atoms with Gasteiger partial charge in [0.2, 0.25) is 0 Å². The molecule has 0 radical (unpaired) electrons. The van der Waals surface area contributed by atoms with Gasteiger partial charge in [0.15, 0.2) is 18.5 Å². The fourth-order valence-electron chi connectivity index (χ4n) is 8.53. The van der Waals surface area contributed by atoms with Crippen LogP contribution in [0.25, 0.3) is 0 Å². The van der Waals surface area contributed by atoms with Gasteiger partial charge in [-0.25, -0.2) is 4.79 Å². The smallest absolute Gasteiger partial charge is 0.338 e. The molecule has 8 N–H and O–H groups in total. The van der Waals surface area contributed by atoms with Crippen molar-refractivity contribution < 1.29 is 59.9 Å². The SMILES string of the molecule is CCCCCCCCCCCCCCCCCCCCCCC[C@@H](O)[C@@H](O)C(=O)O[C@@H](CO[C@H]1O[C@H](CO)[C@H](O)[C@H](O)[C@H]1O)[C@H](O)[C@H](O)CCCCCCCCCCCCCC. The van der Waals surface area contributed by atoms with E-state index in [-0.39, 0.29) is 12.8 Å². The Morgan fingerprint density at radius 2 is 0.823 bits per heavy atom. The summed E-state index contributed by atoms with van der Waals surface area (Å²) in [5.41, 5.74) is 0. The number of ether oxygens (including phenoxy) is 3. The Kier molecular flexibility index (Phi) is 38.5. The van der Waals surface area contributed by atoms with Gasteiger partial charge in [-0.15, -0.1) is 0 Å². The first-order valence-electron chi connectivity index (χ1n) is 25.9. The standard InChI is InChI=1S/C50H98O12/c1-3-5-7-9-11-13-15-17-18-19-20-21-22-23-24-25-27-29-31-33-35-37-41(53)45(55)49(59)61-43(39-60-50-48(58)47(57)46(56)42(38-51)62-50)44(54)40(52)36-34-32-30-28-26-16-14-12-10-8-6-4-2/h40-48,50-58H,3-39H2,1-2H3/t40-,41-,42-,43+,44-,45-,46+,47+,48-,50+/m1/s1. The molecular formula is C50H98O12. The summed E-state index contributed by atoms with van der Waals surface area (Å²) in [6.07, 6.45) is 25.0. The monoisotopic (exact) mass is 891 g/mol. The summed E-state index contributed by atoms with van der Waals surface area (Å²) in [5, 5.41) is 83.6. The third kappa shape index (κ3) is 28.9. The van der Waals surface area contributed by atoms with Gasteiger partial charge >= 0.3 is 5.97 Å². The summed E-state index contributed by atoms with van der Waals surface area (Å²) in [6, 6.07) is 0. The molecule has 1 saturated heterocycles. The first-order chi connectivity index (χ1) is 30.1. The van der Waals surface area contributed by atoms with Crippen molar-refractivity contribution in [3.63, 3.8) is 0 Å². The molecular weight excluding hydrogens is 793 g/mol. The highest BCUT2D eigenvalue weighted by Gasteiger charge is 2.45. The summed E-state index contributed by atoms with van der Waals surface area (Å²) in [4.78, 5) is 13.1. The van der Waals surface area contributed by atoms with Crippen LogP contribution in [-0.4, -0.2) is 121 Å². The average Bonchev–Trinajstić information content (AvgIpc) is 3.27. The van der Waals surface area contributed by atoms with Gasteiger partial charge in [-0.05, 0) is 12.8 Å². The Balaban J connectivity index is 2.38. The summed E-state index contributed by atoms with van der Waals surface area (Å²) in [6.45, 7) is 3.20. The third-order valence-electron chi connectivity index (χ3n) is 12.9. The number of carbonyl (C=O) groups is 1. The zero-order chi connectivity index (χ0) is 45.6. The third-order valence-corrected chi connectivity index (χ3v) is 12.9. The van der Waals surface area contributed by atoms with E-state index in [0.29, 0.717) is 12.8 Å². The van der Waals surface area contributed by atoms with E-state index in [1.807, 2.05) is 0 Å². The number of aliphatic hydroxyl groups is 8. The van der Waals surface area contributed by atoms with Crippen molar-refractivity contribution in [3.8, 4) is 0 Å². The minimum atomic E-state index is -1.89. The zero-order valence-electron chi connectivity index (χ0n) is 39.6. The molecule has 0 aliphatic carbocycles. The van der Waals surface area contributed by atoms with Gasteiger partial charge in [-0.1, -0.05) is 226 Å². The van der Waals surface area contributed by atoms with Crippen molar-refractivity contribution in [2.45, 2.75) is 300 Å². The van der Waals surface area contributed by atoms with E-state index in [9.17, 15) is 45.6 Å². The number of unbranched alkanes of at least 4 members (excludes halogenated alkanes) is 31. The average molecular weight is 891 g/mol. The normalized spacial score (nSPS) is 21.7. The molecule has 1 aliphatic rings. The Morgan fingerprint density at radius 1 is 0.484 bits per heavy atom. The molecule has 0 aromatic heterocycles. The first kappa shape index (κ1) is 59.1. The second-order valence-electron chi connectivity index (χ2n) is 18.6. The lowest BCUT2D eigenvalue weighted by Gasteiger charge is -2.40. The van der Waals surface area contributed by atoms with Gasteiger partial charge < -0.3 is 55.1 Å². The lowest BCUT2D eigenvalue weighted by Crippen LogP contribution is -2.59. The topological polar surface area (TPSA) is 207 Å². The molecule has 1 fully saturated rings. The van der Waals surface area contributed by atoms with E-state index in [4.69, 9.17) is 14.2 Å². The minimum absolute atomic E-state index is 0.186. The van der Waals surface area contributed by atoms with Crippen LogP contribution in [0.15, 0.2) is 0 Å². The van der Waals surface area contributed by atoms with Crippen molar-refractivity contribution in [1.82, 2.24) is 0 Å². The summed E-state index contributed by atoms with van der Waals surface area (Å²) in [5.74, 6) is -1.19. The highest BCUT2D eigenvalue weighted by Crippen LogP contribution is 2.24. The van der Waals surface area contributed by atoms with E-state index < -0.39 is 80.4 Å². The Morgan fingerprint density at radius 3 is 1.18 bits per heavy atom.